The maximum Gasteiger partial charge on any atom is 0.431 e. The van der Waals surface area contributed by atoms with Gasteiger partial charge in [0.15, 0.2) is 0 Å². The van der Waals surface area contributed by atoms with Crippen molar-refractivity contribution in [2.75, 3.05) is 10.5 Å². The Hall–Kier alpha value is -2.34. The molecular formula is C15H14ClF4N3O4S. The van der Waals surface area contributed by atoms with Crippen molar-refractivity contribution in [2.24, 2.45) is 7.05 Å². The fourth-order valence-corrected chi connectivity index (χ4v) is 3.79. The molecule has 0 aliphatic carbocycles. The number of sulfonamides is 1. The lowest BCUT2D eigenvalue weighted by Gasteiger charge is -2.16. The molecule has 1 N–H and O–H groups in total. The monoisotopic (exact) mass is 443 g/mol. The van der Waals surface area contributed by atoms with Gasteiger partial charge < -0.3 is 0 Å². The topological polar surface area (TPSA) is 90.2 Å². The third kappa shape index (κ3) is 4.38. The Morgan fingerprint density at radius 2 is 1.79 bits per heavy atom. The Kier molecular flexibility index (Phi) is 5.95. The number of nitrogens with zero attached hydrogens (tertiary/aromatic N) is 2. The second kappa shape index (κ2) is 7.59. The van der Waals surface area contributed by atoms with E-state index in [-0.39, 0.29) is 38.1 Å². The van der Waals surface area contributed by atoms with Gasteiger partial charge in [0.05, 0.1) is 22.2 Å². The van der Waals surface area contributed by atoms with E-state index in [9.17, 15) is 35.6 Å². The summed E-state index contributed by atoms with van der Waals surface area (Å²) in [7, 11) is -3.09. The predicted molar refractivity (Wildman–Crippen MR) is 95.0 cm³/mol. The van der Waals surface area contributed by atoms with Gasteiger partial charge in [-0.3, -0.25) is 14.1 Å². The third-order valence-electron chi connectivity index (χ3n) is 3.63. The number of hydrogen-bond acceptors (Lipinski definition) is 4. The number of aromatic nitrogens is 2. The molecule has 0 fully saturated rings. The van der Waals surface area contributed by atoms with Crippen LogP contribution in [0.1, 0.15) is 19.0 Å². The van der Waals surface area contributed by atoms with Gasteiger partial charge in [-0.25, -0.2) is 22.2 Å². The van der Waals surface area contributed by atoms with E-state index in [2.05, 4.69) is 4.72 Å². The first-order valence-corrected chi connectivity index (χ1v) is 9.71. The van der Waals surface area contributed by atoms with Crippen LogP contribution in [-0.2, 0) is 23.2 Å². The van der Waals surface area contributed by atoms with Crippen LogP contribution < -0.4 is 16.0 Å². The van der Waals surface area contributed by atoms with E-state index in [1.54, 1.807) is 6.92 Å². The van der Waals surface area contributed by atoms with E-state index in [0.717, 1.165) is 13.1 Å². The Bertz CT molecular complexity index is 1140. The zero-order chi connectivity index (χ0) is 21.4. The van der Waals surface area contributed by atoms with Gasteiger partial charge in [0.2, 0.25) is 10.0 Å². The molecule has 1 aromatic heterocycles. The van der Waals surface area contributed by atoms with E-state index in [1.807, 2.05) is 0 Å². The highest BCUT2D eigenvalue weighted by atomic mass is 35.5. The van der Waals surface area contributed by atoms with Crippen LogP contribution in [-0.4, -0.2) is 23.3 Å². The molecule has 28 heavy (non-hydrogen) atoms. The van der Waals surface area contributed by atoms with Crippen molar-refractivity contribution in [1.82, 2.24) is 9.13 Å². The molecule has 0 radical (unpaired) electrons. The molecule has 0 saturated carbocycles. The second-order valence-electron chi connectivity index (χ2n) is 5.75. The van der Waals surface area contributed by atoms with Gasteiger partial charge in [-0.2, -0.15) is 13.2 Å². The van der Waals surface area contributed by atoms with Crippen molar-refractivity contribution in [3.63, 3.8) is 0 Å². The van der Waals surface area contributed by atoms with Crippen molar-refractivity contribution in [1.29, 1.82) is 0 Å². The van der Waals surface area contributed by atoms with Crippen LogP contribution in [0.5, 0.6) is 0 Å². The standard InChI is InChI=1S/C15H14ClF4N3O4S/c1-3-4-28(26,27)21-10-6-11(9(17)5-8(10)16)23-13(24)7-12(15(18,19)20)22(2)14(23)25/h5-7,21H,3-4H2,1-2H3. The summed E-state index contributed by atoms with van der Waals surface area (Å²) in [6.07, 6.45) is -4.72. The average Bonchev–Trinajstić information content (AvgIpc) is 2.53. The van der Waals surface area contributed by atoms with Crippen molar-refractivity contribution in [3.8, 4) is 5.69 Å². The zero-order valence-electron chi connectivity index (χ0n) is 14.5. The van der Waals surface area contributed by atoms with Gasteiger partial charge in [0.1, 0.15) is 11.5 Å². The summed E-state index contributed by atoms with van der Waals surface area (Å²) in [4.78, 5) is 24.4. The summed E-state index contributed by atoms with van der Waals surface area (Å²) < 4.78 is 79.3. The largest absolute Gasteiger partial charge is 0.431 e. The van der Waals surface area contributed by atoms with Crippen molar-refractivity contribution < 1.29 is 26.0 Å². The minimum absolute atomic E-state index is 0.135. The van der Waals surface area contributed by atoms with Crippen LogP contribution in [0, 0.1) is 5.82 Å². The van der Waals surface area contributed by atoms with Crippen LogP contribution in [0.4, 0.5) is 23.2 Å². The Labute approximate surface area is 161 Å². The van der Waals surface area contributed by atoms with Crippen molar-refractivity contribution >= 4 is 27.3 Å². The Morgan fingerprint density at radius 3 is 2.32 bits per heavy atom. The number of alkyl halides is 3. The number of benzene rings is 1. The van der Waals surface area contributed by atoms with Crippen LogP contribution >= 0.6 is 11.6 Å². The SMILES string of the molecule is CCCS(=O)(=O)Nc1cc(-n2c(=O)cc(C(F)(F)F)n(C)c2=O)c(F)cc1Cl. The molecule has 0 amide bonds. The molecule has 0 spiro atoms. The average molecular weight is 444 g/mol. The smallest absolute Gasteiger partial charge is 0.292 e. The Morgan fingerprint density at radius 1 is 1.18 bits per heavy atom. The van der Waals surface area contributed by atoms with Gasteiger partial charge in [0, 0.05) is 13.1 Å². The van der Waals surface area contributed by atoms with E-state index in [0.29, 0.717) is 6.07 Å². The normalized spacial score (nSPS) is 12.2. The molecule has 7 nitrogen and oxygen atoms in total. The molecule has 0 atom stereocenters. The quantitative estimate of drug-likeness (QED) is 0.719. The summed E-state index contributed by atoms with van der Waals surface area (Å²) in [5, 5.41) is -0.363. The molecule has 0 aliphatic rings. The summed E-state index contributed by atoms with van der Waals surface area (Å²) in [6, 6.07) is 1.54. The van der Waals surface area contributed by atoms with Crippen LogP contribution in [0.2, 0.25) is 5.02 Å². The number of anilines is 1. The molecule has 2 rings (SSSR count). The maximum atomic E-state index is 14.3. The lowest BCUT2D eigenvalue weighted by atomic mass is 10.2. The van der Waals surface area contributed by atoms with Gasteiger partial charge >= 0.3 is 11.9 Å². The first-order valence-electron chi connectivity index (χ1n) is 7.68. The van der Waals surface area contributed by atoms with Gasteiger partial charge in [-0.1, -0.05) is 18.5 Å². The van der Waals surface area contributed by atoms with Gasteiger partial charge in [-0.05, 0) is 18.6 Å². The van der Waals surface area contributed by atoms with Crippen LogP contribution in [0.15, 0.2) is 27.8 Å². The molecule has 0 saturated heterocycles. The van der Waals surface area contributed by atoms with E-state index < -0.39 is 44.6 Å². The van der Waals surface area contributed by atoms with Gasteiger partial charge in [-0.15, -0.1) is 0 Å². The molecule has 0 bridgehead atoms. The first-order chi connectivity index (χ1) is 12.8. The highest BCUT2D eigenvalue weighted by Gasteiger charge is 2.35. The molecule has 1 aromatic carbocycles. The lowest BCUT2D eigenvalue weighted by molar-refractivity contribution is -0.144. The van der Waals surface area contributed by atoms with Crippen molar-refractivity contribution in [2.45, 2.75) is 19.5 Å². The zero-order valence-corrected chi connectivity index (χ0v) is 16.0. The van der Waals surface area contributed by atoms with E-state index in [1.165, 1.54) is 0 Å². The van der Waals surface area contributed by atoms with E-state index >= 15 is 0 Å². The Balaban J connectivity index is 2.73. The third-order valence-corrected chi connectivity index (χ3v) is 5.42. The number of halogens is 5. The molecule has 13 heteroatoms. The molecule has 154 valence electrons. The summed E-state index contributed by atoms with van der Waals surface area (Å²) in [5.74, 6) is -1.49. The fraction of sp³-hybridized carbons (Fsp3) is 0.333. The fourth-order valence-electron chi connectivity index (χ4n) is 2.39. The molecular weight excluding hydrogens is 430 g/mol. The number of hydrogen-bond donors (Lipinski definition) is 1. The lowest BCUT2D eigenvalue weighted by Crippen LogP contribution is -2.41. The highest BCUT2D eigenvalue weighted by molar-refractivity contribution is 7.92. The minimum atomic E-state index is -4.98. The molecule has 0 aliphatic heterocycles. The molecule has 1 heterocycles. The maximum absolute atomic E-state index is 14.3. The van der Waals surface area contributed by atoms with Crippen LogP contribution in [0.3, 0.4) is 0 Å². The molecule has 0 unspecified atom stereocenters. The molecule has 2 aromatic rings. The summed E-state index contributed by atoms with van der Waals surface area (Å²) >= 11 is 5.80. The second-order valence-corrected chi connectivity index (χ2v) is 8.00. The van der Waals surface area contributed by atoms with Gasteiger partial charge in [0.25, 0.3) is 5.56 Å². The number of nitrogens with one attached hydrogen (secondary N) is 1. The highest BCUT2D eigenvalue weighted by Crippen LogP contribution is 2.29. The first kappa shape index (κ1) is 22.0. The number of rotatable bonds is 5. The predicted octanol–water partition coefficient (Wildman–Crippen LogP) is 2.50. The summed E-state index contributed by atoms with van der Waals surface area (Å²) in [5.41, 5.74) is -5.52. The van der Waals surface area contributed by atoms with Crippen molar-refractivity contribution in [3.05, 3.63) is 55.6 Å². The minimum Gasteiger partial charge on any atom is -0.292 e. The summed E-state index contributed by atoms with van der Waals surface area (Å²) in [6.45, 7) is 1.60. The van der Waals surface area contributed by atoms with Crippen LogP contribution in [0.25, 0.3) is 5.69 Å². The van der Waals surface area contributed by atoms with E-state index in [4.69, 9.17) is 11.6 Å².